The molecule has 120 valence electrons. The first-order valence-electron chi connectivity index (χ1n) is 8.80. The van der Waals surface area contributed by atoms with E-state index in [2.05, 4.69) is 39.6 Å². The second-order valence-corrected chi connectivity index (χ2v) is 7.09. The molecule has 1 rings (SSSR count). The molecule has 1 aliphatic heterocycles. The van der Waals surface area contributed by atoms with Gasteiger partial charge in [0.05, 0.1) is 0 Å². The molecule has 0 radical (unpaired) electrons. The first-order chi connectivity index (χ1) is 9.77. The number of hydrogen-bond acceptors (Lipinski definition) is 2. The number of unbranched alkanes of at least 4 members (excludes halogenated alkanes) is 6. The van der Waals surface area contributed by atoms with Gasteiger partial charge in [-0.3, -0.25) is 4.90 Å². The summed E-state index contributed by atoms with van der Waals surface area (Å²) in [6.45, 7) is 11.1. The number of nitrogens with zero attached hydrogens (tertiary/aromatic N) is 2. The molecule has 0 aliphatic carbocycles. The summed E-state index contributed by atoms with van der Waals surface area (Å²) in [5, 5.41) is 1.18. The monoisotopic (exact) mass is 346 g/mol. The highest BCUT2D eigenvalue weighted by Crippen LogP contribution is 2.11. The molecule has 0 saturated carbocycles. The topological polar surface area (TPSA) is 6.48 Å². The van der Waals surface area contributed by atoms with E-state index in [0.717, 1.165) is 6.04 Å². The van der Waals surface area contributed by atoms with E-state index in [1.54, 1.807) is 0 Å². The van der Waals surface area contributed by atoms with E-state index in [9.17, 15) is 0 Å². The lowest BCUT2D eigenvalue weighted by Crippen LogP contribution is -2.49. The highest BCUT2D eigenvalue weighted by molar-refractivity contribution is 9.09. The summed E-state index contributed by atoms with van der Waals surface area (Å²) in [5.41, 5.74) is 0. The standard InChI is InChI=1S/C17H35BrN2/c1-3-17(2)20-15-13-19(14-16-20)12-10-8-6-4-5-7-9-11-18/h17H,3-16H2,1-2H3. The maximum absolute atomic E-state index is 3.50. The zero-order chi connectivity index (χ0) is 14.6. The number of halogens is 1. The Morgan fingerprint density at radius 2 is 1.40 bits per heavy atom. The smallest absolute Gasteiger partial charge is 0.0113 e. The van der Waals surface area contributed by atoms with Crippen LogP contribution in [0.1, 0.15) is 65.2 Å². The second kappa shape index (κ2) is 12.0. The van der Waals surface area contributed by atoms with Crippen LogP contribution < -0.4 is 0 Å². The average Bonchev–Trinajstić information content (AvgIpc) is 2.50. The molecule has 0 aromatic rings. The SMILES string of the molecule is CCC(C)N1CCN(CCCCCCCCCBr)CC1. The van der Waals surface area contributed by atoms with E-state index < -0.39 is 0 Å². The van der Waals surface area contributed by atoms with E-state index in [1.165, 1.54) is 89.4 Å². The molecule has 0 amide bonds. The van der Waals surface area contributed by atoms with Gasteiger partial charge in [-0.25, -0.2) is 0 Å². The largest absolute Gasteiger partial charge is 0.301 e. The minimum Gasteiger partial charge on any atom is -0.301 e. The van der Waals surface area contributed by atoms with Crippen molar-refractivity contribution in [2.45, 2.75) is 71.3 Å². The quantitative estimate of drug-likeness (QED) is 0.400. The minimum atomic E-state index is 0.775. The molecule has 1 saturated heterocycles. The predicted octanol–water partition coefficient (Wildman–Crippen LogP) is 4.53. The van der Waals surface area contributed by atoms with Crippen molar-refractivity contribution in [3.63, 3.8) is 0 Å². The third-order valence-electron chi connectivity index (χ3n) is 4.73. The Bertz CT molecular complexity index is 215. The minimum absolute atomic E-state index is 0.775. The van der Waals surface area contributed by atoms with Crippen LogP contribution in [0, 0.1) is 0 Å². The van der Waals surface area contributed by atoms with Crippen LogP contribution >= 0.6 is 15.9 Å². The van der Waals surface area contributed by atoms with E-state index in [4.69, 9.17) is 0 Å². The second-order valence-electron chi connectivity index (χ2n) is 6.30. The van der Waals surface area contributed by atoms with Crippen molar-refractivity contribution >= 4 is 15.9 Å². The normalized spacial score (nSPS) is 19.4. The van der Waals surface area contributed by atoms with Crippen LogP contribution in [0.15, 0.2) is 0 Å². The van der Waals surface area contributed by atoms with Gasteiger partial charge in [0.1, 0.15) is 0 Å². The molecule has 0 aromatic heterocycles. The van der Waals surface area contributed by atoms with Crippen LogP contribution in [0.2, 0.25) is 0 Å². The third-order valence-corrected chi connectivity index (χ3v) is 5.29. The maximum atomic E-state index is 3.50. The Hall–Kier alpha value is 0.400. The van der Waals surface area contributed by atoms with Crippen molar-refractivity contribution in [3.8, 4) is 0 Å². The summed E-state index contributed by atoms with van der Waals surface area (Å²) in [7, 11) is 0. The lowest BCUT2D eigenvalue weighted by atomic mass is 10.1. The van der Waals surface area contributed by atoms with Crippen LogP contribution in [-0.4, -0.2) is 53.9 Å². The lowest BCUT2D eigenvalue weighted by Gasteiger charge is -2.37. The number of hydrogen-bond donors (Lipinski definition) is 0. The summed E-state index contributed by atoms with van der Waals surface area (Å²) in [6.07, 6.45) is 11.2. The summed E-state index contributed by atoms with van der Waals surface area (Å²) >= 11 is 3.50. The molecule has 1 aliphatic rings. The predicted molar refractivity (Wildman–Crippen MR) is 93.9 cm³/mol. The zero-order valence-corrected chi connectivity index (χ0v) is 15.3. The fourth-order valence-electron chi connectivity index (χ4n) is 3.00. The maximum Gasteiger partial charge on any atom is 0.0113 e. The molecular weight excluding hydrogens is 312 g/mol. The van der Waals surface area contributed by atoms with Gasteiger partial charge in [-0.2, -0.15) is 0 Å². The van der Waals surface area contributed by atoms with E-state index in [-0.39, 0.29) is 0 Å². The Morgan fingerprint density at radius 3 is 1.95 bits per heavy atom. The summed E-state index contributed by atoms with van der Waals surface area (Å²) in [6, 6.07) is 0.775. The van der Waals surface area contributed by atoms with Crippen LogP contribution in [0.25, 0.3) is 0 Å². The molecule has 1 heterocycles. The summed E-state index contributed by atoms with van der Waals surface area (Å²) < 4.78 is 0. The van der Waals surface area contributed by atoms with Crippen molar-refractivity contribution in [1.29, 1.82) is 0 Å². The van der Waals surface area contributed by atoms with E-state index >= 15 is 0 Å². The third kappa shape index (κ3) is 7.99. The molecule has 0 spiro atoms. The Labute approximate surface area is 135 Å². The van der Waals surface area contributed by atoms with E-state index in [0.29, 0.717) is 0 Å². The van der Waals surface area contributed by atoms with Crippen molar-refractivity contribution in [1.82, 2.24) is 9.80 Å². The molecule has 0 bridgehead atoms. The van der Waals surface area contributed by atoms with Gasteiger partial charge < -0.3 is 4.90 Å². The highest BCUT2D eigenvalue weighted by Gasteiger charge is 2.19. The molecule has 20 heavy (non-hydrogen) atoms. The van der Waals surface area contributed by atoms with Gasteiger partial charge in [-0.15, -0.1) is 0 Å². The van der Waals surface area contributed by atoms with E-state index in [1.807, 2.05) is 0 Å². The van der Waals surface area contributed by atoms with Gasteiger partial charge in [-0.1, -0.05) is 55.0 Å². The molecule has 1 unspecified atom stereocenters. The zero-order valence-electron chi connectivity index (χ0n) is 13.7. The molecule has 0 N–H and O–H groups in total. The number of alkyl halides is 1. The summed E-state index contributed by atoms with van der Waals surface area (Å²) in [4.78, 5) is 5.32. The highest BCUT2D eigenvalue weighted by atomic mass is 79.9. The summed E-state index contributed by atoms with van der Waals surface area (Å²) in [5.74, 6) is 0. The van der Waals surface area contributed by atoms with Gasteiger partial charge in [0.2, 0.25) is 0 Å². The van der Waals surface area contributed by atoms with Gasteiger partial charge >= 0.3 is 0 Å². The Morgan fingerprint density at radius 1 is 0.850 bits per heavy atom. The van der Waals surface area contributed by atoms with Crippen molar-refractivity contribution in [2.24, 2.45) is 0 Å². The Balaban J connectivity index is 1.91. The van der Waals surface area contributed by atoms with Crippen molar-refractivity contribution in [3.05, 3.63) is 0 Å². The van der Waals surface area contributed by atoms with Crippen LogP contribution in [0.5, 0.6) is 0 Å². The van der Waals surface area contributed by atoms with Gasteiger partial charge in [0, 0.05) is 37.6 Å². The molecule has 2 nitrogen and oxygen atoms in total. The molecule has 0 aromatic carbocycles. The first-order valence-corrected chi connectivity index (χ1v) is 9.92. The number of rotatable bonds is 11. The fourth-order valence-corrected chi connectivity index (χ4v) is 3.40. The molecule has 3 heteroatoms. The van der Waals surface area contributed by atoms with Gasteiger partial charge in [-0.05, 0) is 32.7 Å². The van der Waals surface area contributed by atoms with Gasteiger partial charge in [0.25, 0.3) is 0 Å². The lowest BCUT2D eigenvalue weighted by molar-refractivity contribution is 0.0994. The molecular formula is C17H35BrN2. The first kappa shape index (κ1) is 18.4. The fraction of sp³-hybridized carbons (Fsp3) is 1.00. The van der Waals surface area contributed by atoms with Crippen LogP contribution in [-0.2, 0) is 0 Å². The molecule has 1 fully saturated rings. The molecule has 1 atom stereocenters. The van der Waals surface area contributed by atoms with Crippen molar-refractivity contribution in [2.75, 3.05) is 38.1 Å². The van der Waals surface area contributed by atoms with Crippen LogP contribution in [0.3, 0.4) is 0 Å². The van der Waals surface area contributed by atoms with Gasteiger partial charge in [0.15, 0.2) is 0 Å². The number of piperazine rings is 1. The van der Waals surface area contributed by atoms with Crippen molar-refractivity contribution < 1.29 is 0 Å². The average molecular weight is 347 g/mol. The van der Waals surface area contributed by atoms with Crippen LogP contribution in [0.4, 0.5) is 0 Å². The Kier molecular flexibility index (Phi) is 11.1.